The Kier molecular flexibility index (Phi) is 4.30. The molecule has 3 aromatic rings. The van der Waals surface area contributed by atoms with E-state index in [-0.39, 0.29) is 11.9 Å². The van der Waals surface area contributed by atoms with Crippen molar-refractivity contribution in [1.82, 2.24) is 9.55 Å². The van der Waals surface area contributed by atoms with Gasteiger partial charge in [-0.1, -0.05) is 41.4 Å². The largest absolute Gasteiger partial charge is 0.317 e. The maximum Gasteiger partial charge on any atom is 0.279 e. The Labute approximate surface area is 181 Å². The van der Waals surface area contributed by atoms with Crippen molar-refractivity contribution in [3.8, 4) is 0 Å². The molecule has 1 aliphatic carbocycles. The second-order valence-corrected chi connectivity index (χ2v) is 8.86. The molecular formula is C21H16BrCl2N3O. The number of aryl methyl sites for hydroxylation is 1. The highest BCUT2D eigenvalue weighted by molar-refractivity contribution is 9.10. The smallest absolute Gasteiger partial charge is 0.279 e. The molecule has 2 heterocycles. The standard InChI is InChI=1S/C21H16BrCl2N3O/c1-11-2-5-14(24)10-16(11)27-18(12-3-6-13(23)7-4-12)19-17(20(27)28)25-21(22)26(19)15-8-9-15/h2-7,10,15,18H,8-9H2,1H3. The normalized spacial score (nSPS) is 18.6. The molecule has 1 fully saturated rings. The fourth-order valence-electron chi connectivity index (χ4n) is 3.91. The average Bonchev–Trinajstić information content (AvgIpc) is 3.39. The molecule has 1 saturated carbocycles. The maximum atomic E-state index is 13.5. The lowest BCUT2D eigenvalue weighted by atomic mass is 10.0. The molecule has 1 unspecified atom stereocenters. The van der Waals surface area contributed by atoms with Gasteiger partial charge in [0.2, 0.25) is 0 Å². The van der Waals surface area contributed by atoms with E-state index in [2.05, 4.69) is 25.5 Å². The monoisotopic (exact) mass is 475 g/mol. The minimum Gasteiger partial charge on any atom is -0.317 e. The van der Waals surface area contributed by atoms with E-state index in [9.17, 15) is 4.79 Å². The van der Waals surface area contributed by atoms with Crippen molar-refractivity contribution in [1.29, 1.82) is 0 Å². The van der Waals surface area contributed by atoms with Crippen molar-refractivity contribution in [2.75, 3.05) is 4.90 Å². The molecule has 4 nitrogen and oxygen atoms in total. The second-order valence-electron chi connectivity index (χ2n) is 7.28. The average molecular weight is 477 g/mol. The van der Waals surface area contributed by atoms with E-state index < -0.39 is 0 Å². The van der Waals surface area contributed by atoms with E-state index in [0.717, 1.165) is 40.1 Å². The van der Waals surface area contributed by atoms with Crippen LogP contribution in [0.15, 0.2) is 47.2 Å². The van der Waals surface area contributed by atoms with Crippen LogP contribution in [0.5, 0.6) is 0 Å². The number of nitrogens with zero attached hydrogens (tertiary/aromatic N) is 3. The third-order valence-corrected chi connectivity index (χ3v) is 6.42. The number of rotatable bonds is 3. The number of imidazole rings is 1. The molecule has 0 radical (unpaired) electrons. The number of carbonyl (C=O) groups excluding carboxylic acids is 1. The van der Waals surface area contributed by atoms with Gasteiger partial charge in [-0.3, -0.25) is 9.69 Å². The van der Waals surface area contributed by atoms with Crippen LogP contribution in [-0.4, -0.2) is 15.5 Å². The summed E-state index contributed by atoms with van der Waals surface area (Å²) in [6.07, 6.45) is 2.19. The van der Waals surface area contributed by atoms with E-state index in [1.54, 1.807) is 0 Å². The molecule has 142 valence electrons. The van der Waals surface area contributed by atoms with Gasteiger partial charge in [-0.25, -0.2) is 4.98 Å². The SMILES string of the molecule is Cc1ccc(Cl)cc1N1C(=O)c2nc(Br)n(C3CC3)c2C1c1ccc(Cl)cc1. The summed E-state index contributed by atoms with van der Waals surface area (Å²) in [4.78, 5) is 19.9. The molecule has 0 bridgehead atoms. The van der Waals surface area contributed by atoms with Gasteiger partial charge in [-0.05, 0) is 71.1 Å². The topological polar surface area (TPSA) is 38.1 Å². The molecule has 1 aliphatic heterocycles. The summed E-state index contributed by atoms with van der Waals surface area (Å²) in [5.41, 5.74) is 4.21. The lowest BCUT2D eigenvalue weighted by molar-refractivity contribution is 0.0989. The lowest BCUT2D eigenvalue weighted by Crippen LogP contribution is -2.30. The Balaban J connectivity index is 1.75. The van der Waals surface area contributed by atoms with Gasteiger partial charge in [0, 0.05) is 21.8 Å². The van der Waals surface area contributed by atoms with Gasteiger partial charge in [-0.15, -0.1) is 0 Å². The van der Waals surface area contributed by atoms with E-state index in [1.807, 2.05) is 54.3 Å². The number of anilines is 1. The zero-order valence-corrected chi connectivity index (χ0v) is 18.1. The van der Waals surface area contributed by atoms with Gasteiger partial charge >= 0.3 is 0 Å². The van der Waals surface area contributed by atoms with Crippen molar-refractivity contribution >= 4 is 50.7 Å². The molecule has 1 aromatic heterocycles. The van der Waals surface area contributed by atoms with Gasteiger partial charge in [0.05, 0.1) is 5.69 Å². The van der Waals surface area contributed by atoms with Crippen LogP contribution in [-0.2, 0) is 0 Å². The zero-order valence-electron chi connectivity index (χ0n) is 15.0. The van der Waals surface area contributed by atoms with E-state index in [1.165, 1.54) is 0 Å². The summed E-state index contributed by atoms with van der Waals surface area (Å²) >= 11 is 16.0. The lowest BCUT2D eigenvalue weighted by Gasteiger charge is -2.28. The minimum absolute atomic E-state index is 0.111. The molecule has 28 heavy (non-hydrogen) atoms. The molecule has 0 spiro atoms. The van der Waals surface area contributed by atoms with Crippen molar-refractivity contribution in [3.63, 3.8) is 0 Å². The van der Waals surface area contributed by atoms with Crippen LogP contribution in [0.3, 0.4) is 0 Å². The van der Waals surface area contributed by atoms with Crippen molar-refractivity contribution in [2.45, 2.75) is 31.8 Å². The summed E-state index contributed by atoms with van der Waals surface area (Å²) < 4.78 is 2.89. The number of carbonyl (C=O) groups is 1. The van der Waals surface area contributed by atoms with Gasteiger partial charge in [0.15, 0.2) is 10.4 Å². The second kappa shape index (κ2) is 6.61. The molecular weight excluding hydrogens is 461 g/mol. The molecule has 5 rings (SSSR count). The molecule has 2 aliphatic rings. The van der Waals surface area contributed by atoms with Crippen LogP contribution in [0, 0.1) is 6.92 Å². The molecule has 2 aromatic carbocycles. The Morgan fingerprint density at radius 3 is 2.43 bits per heavy atom. The summed E-state index contributed by atoms with van der Waals surface area (Å²) in [5.74, 6) is -0.111. The van der Waals surface area contributed by atoms with Gasteiger partial charge in [-0.2, -0.15) is 0 Å². The summed E-state index contributed by atoms with van der Waals surface area (Å²) in [6.45, 7) is 1.99. The van der Waals surface area contributed by atoms with Crippen LogP contribution in [0.25, 0.3) is 0 Å². The number of aromatic nitrogens is 2. The van der Waals surface area contributed by atoms with E-state index in [4.69, 9.17) is 23.2 Å². The fourth-order valence-corrected chi connectivity index (χ4v) is 4.86. The van der Waals surface area contributed by atoms with Crippen LogP contribution in [0.1, 0.15) is 52.2 Å². The van der Waals surface area contributed by atoms with Gasteiger partial charge < -0.3 is 4.57 Å². The van der Waals surface area contributed by atoms with Crippen molar-refractivity contribution in [2.24, 2.45) is 0 Å². The van der Waals surface area contributed by atoms with Gasteiger partial charge in [0.1, 0.15) is 6.04 Å². The number of halogens is 3. The van der Waals surface area contributed by atoms with E-state index in [0.29, 0.717) is 21.8 Å². The van der Waals surface area contributed by atoms with Crippen molar-refractivity contribution in [3.05, 3.63) is 79.8 Å². The Morgan fingerprint density at radius 2 is 1.75 bits per heavy atom. The third-order valence-electron chi connectivity index (χ3n) is 5.37. The van der Waals surface area contributed by atoms with Gasteiger partial charge in [0.25, 0.3) is 5.91 Å². The molecule has 0 saturated heterocycles. The molecule has 1 amide bonds. The van der Waals surface area contributed by atoms with Crippen LogP contribution >= 0.6 is 39.1 Å². The molecule has 7 heteroatoms. The van der Waals surface area contributed by atoms with Crippen LogP contribution in [0.4, 0.5) is 5.69 Å². The number of fused-ring (bicyclic) bond motifs is 1. The zero-order chi connectivity index (χ0) is 19.6. The summed E-state index contributed by atoms with van der Waals surface area (Å²) in [7, 11) is 0. The fraction of sp³-hybridized carbons (Fsp3) is 0.238. The van der Waals surface area contributed by atoms with Crippen LogP contribution < -0.4 is 4.90 Å². The highest BCUT2D eigenvalue weighted by atomic mass is 79.9. The first-order chi connectivity index (χ1) is 13.5. The summed E-state index contributed by atoms with van der Waals surface area (Å²) in [5, 5.41) is 1.26. The van der Waals surface area contributed by atoms with Crippen molar-refractivity contribution < 1.29 is 4.79 Å². The number of hydrogen-bond acceptors (Lipinski definition) is 2. The Morgan fingerprint density at radius 1 is 1.07 bits per heavy atom. The maximum absolute atomic E-state index is 13.5. The van der Waals surface area contributed by atoms with E-state index >= 15 is 0 Å². The molecule has 0 N–H and O–H groups in total. The number of amides is 1. The Hall–Kier alpha value is -1.82. The quantitative estimate of drug-likeness (QED) is 0.442. The first kappa shape index (κ1) is 18.2. The predicted octanol–water partition coefficient (Wildman–Crippen LogP) is 6.35. The first-order valence-electron chi connectivity index (χ1n) is 9.08. The highest BCUT2D eigenvalue weighted by Crippen LogP contribution is 2.48. The highest BCUT2D eigenvalue weighted by Gasteiger charge is 2.46. The molecule has 1 atom stereocenters. The number of hydrogen-bond donors (Lipinski definition) is 0. The van der Waals surface area contributed by atoms with Crippen LogP contribution in [0.2, 0.25) is 10.0 Å². The Bertz CT molecular complexity index is 1110. The minimum atomic E-state index is -0.281. The third kappa shape index (κ3) is 2.79. The first-order valence-corrected chi connectivity index (χ1v) is 10.6. The predicted molar refractivity (Wildman–Crippen MR) is 114 cm³/mol. The number of benzene rings is 2. The summed E-state index contributed by atoms with van der Waals surface area (Å²) in [6, 6.07) is 13.4.